The predicted octanol–water partition coefficient (Wildman–Crippen LogP) is 2.50. The summed E-state index contributed by atoms with van der Waals surface area (Å²) in [6.45, 7) is 4.01. The molecule has 0 radical (unpaired) electrons. The molecule has 1 fully saturated rings. The molecule has 0 spiro atoms. The van der Waals surface area contributed by atoms with Crippen molar-refractivity contribution in [1.29, 1.82) is 0 Å². The third-order valence-corrected chi connectivity index (χ3v) is 3.85. The Balaban J connectivity index is 1.63. The molecule has 80 valence electrons. The molecule has 0 atom stereocenters. The van der Waals surface area contributed by atoms with Crippen LogP contribution in [-0.2, 0) is 12.8 Å². The van der Waals surface area contributed by atoms with E-state index >= 15 is 0 Å². The van der Waals surface area contributed by atoms with E-state index in [1.165, 1.54) is 45.3 Å². The van der Waals surface area contributed by atoms with Gasteiger partial charge in [-0.15, -0.1) is 0 Å². The van der Waals surface area contributed by atoms with Gasteiger partial charge in [0.1, 0.15) is 0 Å². The zero-order valence-electron chi connectivity index (χ0n) is 9.28. The van der Waals surface area contributed by atoms with Gasteiger partial charge in [0.25, 0.3) is 0 Å². The molecule has 0 N–H and O–H groups in total. The molecule has 1 aliphatic carbocycles. The minimum atomic E-state index is 0.889. The highest BCUT2D eigenvalue weighted by atomic mass is 15.1. The SMILES string of the molecule is c1ccc2c(c1)CC(CN1CCCC1)C2. The van der Waals surface area contributed by atoms with Crippen molar-refractivity contribution in [2.24, 2.45) is 5.92 Å². The summed E-state index contributed by atoms with van der Waals surface area (Å²) >= 11 is 0. The fraction of sp³-hybridized carbons (Fsp3) is 0.571. The number of rotatable bonds is 2. The Morgan fingerprint density at radius 1 is 1.00 bits per heavy atom. The van der Waals surface area contributed by atoms with Gasteiger partial charge >= 0.3 is 0 Å². The molecular formula is C14H19N. The molecule has 1 heteroatoms. The lowest BCUT2D eigenvalue weighted by atomic mass is 10.1. The smallest absolute Gasteiger partial charge is 0.00160 e. The van der Waals surface area contributed by atoms with Crippen molar-refractivity contribution >= 4 is 0 Å². The molecule has 0 amide bonds. The van der Waals surface area contributed by atoms with Crippen LogP contribution in [0.1, 0.15) is 24.0 Å². The molecule has 1 nitrogen and oxygen atoms in total. The van der Waals surface area contributed by atoms with Gasteiger partial charge in [0.05, 0.1) is 0 Å². The second kappa shape index (κ2) is 3.97. The predicted molar refractivity (Wildman–Crippen MR) is 63.0 cm³/mol. The summed E-state index contributed by atoms with van der Waals surface area (Å²) in [5.41, 5.74) is 3.20. The van der Waals surface area contributed by atoms with Gasteiger partial charge in [0.2, 0.25) is 0 Å². The molecule has 1 heterocycles. The molecule has 0 unspecified atom stereocenters. The molecule has 1 aliphatic heterocycles. The van der Waals surface area contributed by atoms with E-state index in [0.29, 0.717) is 0 Å². The zero-order chi connectivity index (χ0) is 10.1. The number of benzene rings is 1. The van der Waals surface area contributed by atoms with Crippen molar-refractivity contribution in [2.75, 3.05) is 19.6 Å². The van der Waals surface area contributed by atoms with Crippen LogP contribution in [0.4, 0.5) is 0 Å². The number of hydrogen-bond donors (Lipinski definition) is 0. The van der Waals surface area contributed by atoms with Gasteiger partial charge in [-0.25, -0.2) is 0 Å². The summed E-state index contributed by atoms with van der Waals surface area (Å²) in [5.74, 6) is 0.889. The number of fused-ring (bicyclic) bond motifs is 1. The lowest BCUT2D eigenvalue weighted by Crippen LogP contribution is -2.26. The van der Waals surface area contributed by atoms with Crippen molar-refractivity contribution < 1.29 is 0 Å². The molecule has 1 aromatic carbocycles. The Kier molecular flexibility index (Phi) is 2.49. The topological polar surface area (TPSA) is 3.24 Å². The van der Waals surface area contributed by atoms with Gasteiger partial charge < -0.3 is 4.90 Å². The second-order valence-electron chi connectivity index (χ2n) is 5.05. The normalized spacial score (nSPS) is 22.1. The van der Waals surface area contributed by atoms with Gasteiger partial charge in [-0.2, -0.15) is 0 Å². The van der Waals surface area contributed by atoms with E-state index in [0.717, 1.165) is 5.92 Å². The van der Waals surface area contributed by atoms with Crippen molar-refractivity contribution in [1.82, 2.24) is 4.90 Å². The number of likely N-dealkylation sites (tertiary alicyclic amines) is 1. The maximum Gasteiger partial charge on any atom is 0.00160 e. The first kappa shape index (κ1) is 9.41. The third-order valence-electron chi connectivity index (χ3n) is 3.85. The highest BCUT2D eigenvalue weighted by molar-refractivity contribution is 5.32. The standard InChI is InChI=1S/C14H19N/c1-2-6-14-10-12(9-13(14)5-1)11-15-7-3-4-8-15/h1-2,5-6,12H,3-4,7-11H2. The Labute approximate surface area is 92.1 Å². The molecule has 1 saturated heterocycles. The number of hydrogen-bond acceptors (Lipinski definition) is 1. The lowest BCUT2D eigenvalue weighted by molar-refractivity contribution is 0.282. The Bertz CT molecular complexity index is 314. The maximum atomic E-state index is 2.65. The van der Waals surface area contributed by atoms with Gasteiger partial charge in [-0.1, -0.05) is 24.3 Å². The highest BCUT2D eigenvalue weighted by Crippen LogP contribution is 2.27. The van der Waals surface area contributed by atoms with Crippen molar-refractivity contribution in [3.63, 3.8) is 0 Å². The lowest BCUT2D eigenvalue weighted by Gasteiger charge is -2.19. The van der Waals surface area contributed by atoms with Crippen molar-refractivity contribution in [3.8, 4) is 0 Å². The van der Waals surface area contributed by atoms with Crippen LogP contribution in [0.5, 0.6) is 0 Å². The van der Waals surface area contributed by atoms with Crippen LogP contribution >= 0.6 is 0 Å². The minimum Gasteiger partial charge on any atom is -0.303 e. The Hall–Kier alpha value is -0.820. The summed E-state index contributed by atoms with van der Waals surface area (Å²) in [7, 11) is 0. The molecule has 1 aromatic rings. The van der Waals surface area contributed by atoms with Crippen LogP contribution in [0.2, 0.25) is 0 Å². The van der Waals surface area contributed by atoms with E-state index in [1.54, 1.807) is 11.1 Å². The fourth-order valence-corrected chi connectivity index (χ4v) is 3.11. The summed E-state index contributed by atoms with van der Waals surface area (Å²) in [5, 5.41) is 0. The van der Waals surface area contributed by atoms with Gasteiger partial charge in [0, 0.05) is 6.54 Å². The number of nitrogens with zero attached hydrogens (tertiary/aromatic N) is 1. The first-order valence-electron chi connectivity index (χ1n) is 6.21. The van der Waals surface area contributed by atoms with E-state index in [4.69, 9.17) is 0 Å². The first-order chi connectivity index (χ1) is 7.42. The van der Waals surface area contributed by atoms with E-state index in [2.05, 4.69) is 29.2 Å². The molecule has 3 rings (SSSR count). The van der Waals surface area contributed by atoms with Gasteiger partial charge in [-0.3, -0.25) is 0 Å². The molecule has 2 aliphatic rings. The van der Waals surface area contributed by atoms with E-state index < -0.39 is 0 Å². The van der Waals surface area contributed by atoms with Crippen LogP contribution in [0.3, 0.4) is 0 Å². The first-order valence-corrected chi connectivity index (χ1v) is 6.21. The molecule has 15 heavy (non-hydrogen) atoms. The minimum absolute atomic E-state index is 0.889. The Morgan fingerprint density at radius 2 is 1.60 bits per heavy atom. The van der Waals surface area contributed by atoms with Crippen LogP contribution < -0.4 is 0 Å². The van der Waals surface area contributed by atoms with E-state index in [-0.39, 0.29) is 0 Å². The van der Waals surface area contributed by atoms with Crippen LogP contribution in [0.25, 0.3) is 0 Å². The van der Waals surface area contributed by atoms with Gasteiger partial charge in [0.15, 0.2) is 0 Å². The van der Waals surface area contributed by atoms with Crippen LogP contribution in [0, 0.1) is 5.92 Å². The van der Waals surface area contributed by atoms with E-state index in [1.807, 2.05) is 0 Å². The zero-order valence-corrected chi connectivity index (χ0v) is 9.28. The largest absolute Gasteiger partial charge is 0.303 e. The highest BCUT2D eigenvalue weighted by Gasteiger charge is 2.23. The fourth-order valence-electron chi connectivity index (χ4n) is 3.11. The van der Waals surface area contributed by atoms with Crippen LogP contribution in [-0.4, -0.2) is 24.5 Å². The molecular weight excluding hydrogens is 182 g/mol. The second-order valence-corrected chi connectivity index (χ2v) is 5.05. The average Bonchev–Trinajstić information content (AvgIpc) is 2.86. The monoisotopic (exact) mass is 201 g/mol. The van der Waals surface area contributed by atoms with E-state index in [9.17, 15) is 0 Å². The maximum absolute atomic E-state index is 2.65. The Morgan fingerprint density at radius 3 is 2.20 bits per heavy atom. The summed E-state index contributed by atoms with van der Waals surface area (Å²) in [6, 6.07) is 8.97. The summed E-state index contributed by atoms with van der Waals surface area (Å²) in [4.78, 5) is 2.65. The molecule has 0 aromatic heterocycles. The third kappa shape index (κ3) is 1.93. The van der Waals surface area contributed by atoms with Gasteiger partial charge in [-0.05, 0) is 55.8 Å². The van der Waals surface area contributed by atoms with Crippen molar-refractivity contribution in [3.05, 3.63) is 35.4 Å². The quantitative estimate of drug-likeness (QED) is 0.710. The van der Waals surface area contributed by atoms with Crippen LogP contribution in [0.15, 0.2) is 24.3 Å². The molecule has 0 saturated carbocycles. The summed E-state index contributed by atoms with van der Waals surface area (Å²) in [6.07, 6.45) is 5.46. The summed E-state index contributed by atoms with van der Waals surface area (Å²) < 4.78 is 0. The van der Waals surface area contributed by atoms with Crippen molar-refractivity contribution in [2.45, 2.75) is 25.7 Å². The average molecular weight is 201 g/mol. The molecule has 0 bridgehead atoms.